The van der Waals surface area contributed by atoms with E-state index in [2.05, 4.69) is 17.4 Å². The van der Waals surface area contributed by atoms with Gasteiger partial charge in [0.15, 0.2) is 0 Å². The van der Waals surface area contributed by atoms with Crippen molar-refractivity contribution in [1.29, 1.82) is 0 Å². The second kappa shape index (κ2) is 7.85. The summed E-state index contributed by atoms with van der Waals surface area (Å²) < 4.78 is 11.4. The molecule has 0 aromatic heterocycles. The maximum absolute atomic E-state index is 13.4. The topological polar surface area (TPSA) is 67.9 Å². The van der Waals surface area contributed by atoms with Gasteiger partial charge in [-0.25, -0.2) is 0 Å². The molecule has 3 aliphatic heterocycles. The number of ether oxygens (including phenoxy) is 2. The van der Waals surface area contributed by atoms with Gasteiger partial charge in [-0.2, -0.15) is 0 Å². The van der Waals surface area contributed by atoms with E-state index in [0.29, 0.717) is 13.1 Å². The molecular weight excluding hydrogens is 392 g/mol. The predicted molar refractivity (Wildman–Crippen MR) is 117 cm³/mol. The van der Waals surface area contributed by atoms with Crippen LogP contribution < -0.4 is 15.0 Å². The molecule has 0 saturated carbocycles. The fourth-order valence-corrected chi connectivity index (χ4v) is 5.05. The van der Waals surface area contributed by atoms with Gasteiger partial charge in [-0.15, -0.1) is 0 Å². The Hall–Kier alpha value is -3.12. The van der Waals surface area contributed by atoms with Gasteiger partial charge in [0.25, 0.3) is 0 Å². The van der Waals surface area contributed by atoms with Crippen LogP contribution in [-0.2, 0) is 20.7 Å². The molecule has 0 unspecified atom stereocenters. The van der Waals surface area contributed by atoms with Crippen LogP contribution in [0.25, 0.3) is 0 Å². The van der Waals surface area contributed by atoms with Crippen LogP contribution >= 0.6 is 0 Å². The summed E-state index contributed by atoms with van der Waals surface area (Å²) in [5.41, 5.74) is 1.33. The van der Waals surface area contributed by atoms with E-state index in [1.807, 2.05) is 54.6 Å². The lowest BCUT2D eigenvalue weighted by Gasteiger charge is -2.23. The van der Waals surface area contributed by atoms with Crippen molar-refractivity contribution >= 4 is 17.5 Å². The van der Waals surface area contributed by atoms with E-state index in [1.54, 1.807) is 12.0 Å². The van der Waals surface area contributed by atoms with E-state index in [1.165, 1.54) is 5.56 Å². The Kier molecular flexibility index (Phi) is 5.02. The molecule has 3 heterocycles. The third-order valence-corrected chi connectivity index (χ3v) is 6.57. The summed E-state index contributed by atoms with van der Waals surface area (Å²) in [6.07, 6.45) is 5.34. The minimum absolute atomic E-state index is 0.0542. The zero-order valence-electron chi connectivity index (χ0n) is 17.5. The lowest BCUT2D eigenvalue weighted by molar-refractivity contribution is -0.131. The van der Waals surface area contributed by atoms with Crippen molar-refractivity contribution in [1.82, 2.24) is 5.32 Å². The molecule has 31 heavy (non-hydrogen) atoms. The molecule has 2 bridgehead atoms. The average Bonchev–Trinajstić information content (AvgIpc) is 3.45. The van der Waals surface area contributed by atoms with Gasteiger partial charge in [0.2, 0.25) is 11.8 Å². The van der Waals surface area contributed by atoms with Crippen molar-refractivity contribution < 1.29 is 19.1 Å². The Labute approximate surface area is 181 Å². The largest absolute Gasteiger partial charge is 0.497 e. The van der Waals surface area contributed by atoms with Gasteiger partial charge in [0.05, 0.1) is 31.6 Å². The van der Waals surface area contributed by atoms with Crippen LogP contribution in [0.15, 0.2) is 66.7 Å². The Morgan fingerprint density at radius 2 is 1.97 bits per heavy atom. The van der Waals surface area contributed by atoms with Crippen molar-refractivity contribution in [3.63, 3.8) is 0 Å². The Balaban J connectivity index is 1.26. The number of carbonyl (C=O) groups excluding carboxylic acids is 2. The first-order chi connectivity index (χ1) is 15.1. The number of carbonyl (C=O) groups is 2. The molecule has 2 aromatic rings. The number of aryl methyl sites for hydroxylation is 1. The maximum Gasteiger partial charge on any atom is 0.234 e. The third-order valence-electron chi connectivity index (χ3n) is 6.57. The van der Waals surface area contributed by atoms with E-state index >= 15 is 0 Å². The van der Waals surface area contributed by atoms with Gasteiger partial charge in [0, 0.05) is 12.2 Å². The van der Waals surface area contributed by atoms with Crippen molar-refractivity contribution in [2.75, 3.05) is 25.1 Å². The van der Waals surface area contributed by atoms with Crippen LogP contribution in [0.1, 0.15) is 12.0 Å². The molecule has 1 spiro atoms. The summed E-state index contributed by atoms with van der Waals surface area (Å²) in [7, 11) is 1.61. The van der Waals surface area contributed by atoms with Crippen LogP contribution in [0.2, 0.25) is 0 Å². The van der Waals surface area contributed by atoms with Crippen LogP contribution in [0.5, 0.6) is 5.75 Å². The summed E-state index contributed by atoms with van der Waals surface area (Å²) in [5, 5.41) is 3.04. The summed E-state index contributed by atoms with van der Waals surface area (Å²) in [6, 6.07) is 17.6. The minimum atomic E-state index is -0.715. The maximum atomic E-state index is 13.4. The third kappa shape index (κ3) is 3.41. The second-order valence-corrected chi connectivity index (χ2v) is 8.40. The lowest BCUT2D eigenvalue weighted by atomic mass is 9.77. The molecule has 2 fully saturated rings. The average molecular weight is 418 g/mol. The molecule has 0 radical (unpaired) electrons. The summed E-state index contributed by atoms with van der Waals surface area (Å²) in [4.78, 5) is 28.1. The normalized spacial score (nSPS) is 28.1. The van der Waals surface area contributed by atoms with E-state index in [9.17, 15) is 9.59 Å². The molecule has 6 nitrogen and oxygen atoms in total. The van der Waals surface area contributed by atoms with Gasteiger partial charge in [0.1, 0.15) is 11.4 Å². The number of benzene rings is 2. The molecule has 2 aromatic carbocycles. The number of nitrogens with zero attached hydrogens (tertiary/aromatic N) is 1. The molecule has 6 heteroatoms. The highest BCUT2D eigenvalue weighted by molar-refractivity contribution is 6.03. The number of nitrogens with one attached hydrogen (secondary N) is 1. The first kappa shape index (κ1) is 19.8. The van der Waals surface area contributed by atoms with E-state index < -0.39 is 17.4 Å². The lowest BCUT2D eigenvalue weighted by Crippen LogP contribution is -2.44. The highest BCUT2D eigenvalue weighted by Gasteiger charge is 2.67. The number of rotatable bonds is 7. The second-order valence-electron chi connectivity index (χ2n) is 8.40. The van der Waals surface area contributed by atoms with Crippen LogP contribution in [0.4, 0.5) is 5.69 Å². The molecule has 3 aliphatic rings. The first-order valence-electron chi connectivity index (χ1n) is 10.8. The van der Waals surface area contributed by atoms with Crippen molar-refractivity contribution in [2.45, 2.75) is 24.5 Å². The fourth-order valence-electron chi connectivity index (χ4n) is 5.05. The number of methoxy groups -OCH3 is 1. The molecule has 160 valence electrons. The summed E-state index contributed by atoms with van der Waals surface area (Å²) >= 11 is 0. The molecule has 5 rings (SSSR count). The molecule has 2 saturated heterocycles. The monoisotopic (exact) mass is 418 g/mol. The van der Waals surface area contributed by atoms with Gasteiger partial charge >= 0.3 is 0 Å². The SMILES string of the molecule is COc1ccc(N2C[C@@]34C=C[C@H](O3)[C@H](C(=O)NCCCc3ccccc3)[C@H]4C2=O)cc1. The Morgan fingerprint density at radius 3 is 2.71 bits per heavy atom. The summed E-state index contributed by atoms with van der Waals surface area (Å²) in [6.45, 7) is 1.00. The van der Waals surface area contributed by atoms with Crippen LogP contribution in [0, 0.1) is 11.8 Å². The zero-order chi connectivity index (χ0) is 21.4. The van der Waals surface area contributed by atoms with Crippen molar-refractivity contribution in [3.05, 3.63) is 72.3 Å². The highest BCUT2D eigenvalue weighted by atomic mass is 16.5. The van der Waals surface area contributed by atoms with Gasteiger partial charge in [-0.3, -0.25) is 9.59 Å². The van der Waals surface area contributed by atoms with Gasteiger partial charge in [-0.05, 0) is 42.7 Å². The number of anilines is 1. The predicted octanol–water partition coefficient (Wildman–Crippen LogP) is 2.73. The quantitative estimate of drug-likeness (QED) is 0.555. The number of fused-ring (bicyclic) bond motifs is 1. The van der Waals surface area contributed by atoms with E-state index in [0.717, 1.165) is 24.3 Å². The smallest absolute Gasteiger partial charge is 0.234 e. The van der Waals surface area contributed by atoms with E-state index in [4.69, 9.17) is 9.47 Å². The highest BCUT2D eigenvalue weighted by Crippen LogP contribution is 2.52. The number of hydrogen-bond donors (Lipinski definition) is 1. The van der Waals surface area contributed by atoms with Gasteiger partial charge < -0.3 is 19.7 Å². The van der Waals surface area contributed by atoms with Crippen LogP contribution in [-0.4, -0.2) is 43.7 Å². The van der Waals surface area contributed by atoms with Crippen LogP contribution in [0.3, 0.4) is 0 Å². The fraction of sp³-hybridized carbons (Fsp3) is 0.360. The molecule has 1 N–H and O–H groups in total. The van der Waals surface area contributed by atoms with E-state index in [-0.39, 0.29) is 17.9 Å². The zero-order valence-corrected chi connectivity index (χ0v) is 17.5. The van der Waals surface area contributed by atoms with Gasteiger partial charge in [-0.1, -0.05) is 42.5 Å². The number of hydrogen-bond acceptors (Lipinski definition) is 4. The Morgan fingerprint density at radius 1 is 1.19 bits per heavy atom. The number of amides is 2. The first-order valence-corrected chi connectivity index (χ1v) is 10.8. The molecule has 4 atom stereocenters. The molecular formula is C25H26N2O4. The van der Waals surface area contributed by atoms with Crippen molar-refractivity contribution in [3.8, 4) is 5.75 Å². The molecule has 2 amide bonds. The minimum Gasteiger partial charge on any atom is -0.497 e. The van der Waals surface area contributed by atoms with Crippen molar-refractivity contribution in [2.24, 2.45) is 11.8 Å². The molecule has 0 aliphatic carbocycles. The summed E-state index contributed by atoms with van der Waals surface area (Å²) in [5.74, 6) is -0.393. The Bertz CT molecular complexity index is 1000. The standard InChI is InChI=1S/C25H26N2O4/c1-30-19-11-9-18(10-12-19)27-16-25-14-13-20(31-25)21(22(25)24(27)29)23(28)26-15-5-8-17-6-3-2-4-7-17/h2-4,6-7,9-14,20-22H,5,8,15-16H2,1H3,(H,26,28)/t20-,21-,22-,25+/m0/s1.